The first kappa shape index (κ1) is 23.2. The van der Waals surface area contributed by atoms with Crippen LogP contribution in [0.4, 0.5) is 5.69 Å². The maximum absolute atomic E-state index is 12.8. The van der Waals surface area contributed by atoms with Gasteiger partial charge in [0.05, 0.1) is 6.61 Å². The number of anilines is 1. The molecule has 10 heteroatoms. The second kappa shape index (κ2) is 9.91. The highest BCUT2D eigenvalue weighted by atomic mass is 35.5. The first-order chi connectivity index (χ1) is 12.3. The molecule has 1 fully saturated rings. The number of piperidine rings is 1. The monoisotopic (exact) mass is 420 g/mol. The fraction of sp³-hybridized carbons (Fsp3) is 0.529. The van der Waals surface area contributed by atoms with Crippen molar-refractivity contribution >= 4 is 39.8 Å². The maximum atomic E-state index is 12.8. The lowest BCUT2D eigenvalue weighted by Gasteiger charge is -2.34. The molecule has 1 aromatic carbocycles. The van der Waals surface area contributed by atoms with Crippen LogP contribution in [0.15, 0.2) is 24.3 Å². The zero-order valence-electron chi connectivity index (χ0n) is 15.3. The molecule has 0 aliphatic carbocycles. The molecule has 0 bridgehead atoms. The van der Waals surface area contributed by atoms with Crippen molar-refractivity contribution in [2.45, 2.75) is 24.5 Å². The third-order valence-corrected chi connectivity index (χ3v) is 6.30. The number of halogens is 1. The van der Waals surface area contributed by atoms with Crippen molar-refractivity contribution in [3.8, 4) is 5.75 Å². The number of hydrogen-bond donors (Lipinski definition) is 2. The molecule has 0 spiro atoms. The number of rotatable bonds is 7. The first-order valence-electron chi connectivity index (χ1n) is 8.39. The number of carbonyl (C=O) groups excluding carboxylic acids is 2. The van der Waals surface area contributed by atoms with Crippen LogP contribution in [-0.4, -0.2) is 57.6 Å². The first-order valence-corrected chi connectivity index (χ1v) is 10.3. The largest absolute Gasteiger partial charge is 0.482 e. The highest BCUT2D eigenvalue weighted by molar-refractivity contribution is 7.92. The van der Waals surface area contributed by atoms with Crippen molar-refractivity contribution in [3.05, 3.63) is 24.3 Å². The normalized spacial score (nSPS) is 15.9. The Bertz CT molecular complexity index is 762. The van der Waals surface area contributed by atoms with Crippen LogP contribution in [0.1, 0.15) is 19.8 Å². The van der Waals surface area contributed by atoms with Gasteiger partial charge in [0.2, 0.25) is 5.91 Å². The summed E-state index contributed by atoms with van der Waals surface area (Å²) in [7, 11) is -3.59. The summed E-state index contributed by atoms with van der Waals surface area (Å²) >= 11 is 0. The van der Waals surface area contributed by atoms with Gasteiger partial charge in [0.25, 0.3) is 0 Å². The molecule has 1 aliphatic heterocycles. The van der Waals surface area contributed by atoms with Crippen LogP contribution < -0.4 is 15.4 Å². The smallest absolute Gasteiger partial charge is 0.344 e. The summed E-state index contributed by atoms with van der Waals surface area (Å²) in [4.78, 5) is 24.1. The van der Waals surface area contributed by atoms with Gasteiger partial charge in [0.1, 0.15) is 5.75 Å². The van der Waals surface area contributed by atoms with Crippen LogP contribution >= 0.6 is 12.4 Å². The molecule has 1 amide bonds. The van der Waals surface area contributed by atoms with Gasteiger partial charge in [-0.25, -0.2) is 13.2 Å². The summed E-state index contributed by atoms with van der Waals surface area (Å²) in [6.07, 6.45) is 1.53. The third kappa shape index (κ3) is 5.82. The van der Waals surface area contributed by atoms with E-state index >= 15 is 0 Å². The third-order valence-electron chi connectivity index (χ3n) is 4.29. The maximum Gasteiger partial charge on any atom is 0.344 e. The lowest BCUT2D eigenvalue weighted by atomic mass is 9.95. The summed E-state index contributed by atoms with van der Waals surface area (Å²) < 4.78 is 33.2. The second-order valence-corrected chi connectivity index (χ2v) is 8.42. The minimum atomic E-state index is -3.59. The quantitative estimate of drug-likeness (QED) is 0.636. The minimum absolute atomic E-state index is 0. The predicted octanol–water partition coefficient (Wildman–Crippen LogP) is 1.16. The number of nitrogens with one attached hydrogen (secondary N) is 2. The van der Waals surface area contributed by atoms with Crippen molar-refractivity contribution in [1.29, 1.82) is 0 Å². The minimum Gasteiger partial charge on any atom is -0.482 e. The van der Waals surface area contributed by atoms with E-state index in [1.165, 1.54) is 6.07 Å². The molecule has 8 nitrogen and oxygen atoms in total. The standard InChI is InChI=1S/C17H24N2O6S.ClH/c1-3-24-15(20)12-25-14-6-4-5-13(11-14)19-16(21)17(26(2,22)23)7-9-18-10-8-17;/h4-6,11,18H,3,7-10,12H2,1-2H3,(H,19,21);1H. The Morgan fingerprint density at radius 2 is 1.93 bits per heavy atom. The van der Waals surface area contributed by atoms with Crippen molar-refractivity contribution in [2.24, 2.45) is 0 Å². The summed E-state index contributed by atoms with van der Waals surface area (Å²) in [6, 6.07) is 6.44. The average Bonchev–Trinajstić information content (AvgIpc) is 2.60. The van der Waals surface area contributed by atoms with Gasteiger partial charge in [-0.05, 0) is 45.0 Å². The van der Waals surface area contributed by atoms with Gasteiger partial charge in [-0.2, -0.15) is 0 Å². The van der Waals surface area contributed by atoms with Crippen LogP contribution in [0.3, 0.4) is 0 Å². The zero-order valence-corrected chi connectivity index (χ0v) is 17.0. The average molecular weight is 421 g/mol. The fourth-order valence-corrected chi connectivity index (χ4v) is 4.18. The van der Waals surface area contributed by atoms with E-state index in [9.17, 15) is 18.0 Å². The van der Waals surface area contributed by atoms with E-state index in [4.69, 9.17) is 9.47 Å². The van der Waals surface area contributed by atoms with Gasteiger partial charge in [-0.3, -0.25) is 4.79 Å². The van der Waals surface area contributed by atoms with E-state index in [2.05, 4.69) is 10.6 Å². The lowest BCUT2D eigenvalue weighted by Crippen LogP contribution is -2.55. The number of ether oxygens (including phenoxy) is 2. The molecule has 27 heavy (non-hydrogen) atoms. The van der Waals surface area contributed by atoms with Crippen LogP contribution in [0.2, 0.25) is 0 Å². The Labute approximate surface area is 165 Å². The fourth-order valence-electron chi connectivity index (χ4n) is 2.85. The Balaban J connectivity index is 0.00000364. The Kier molecular flexibility index (Phi) is 8.52. The SMILES string of the molecule is CCOC(=O)COc1cccc(NC(=O)C2(S(C)(=O)=O)CCNCC2)c1.Cl. The van der Waals surface area contributed by atoms with E-state index in [0.29, 0.717) is 24.5 Å². The molecular formula is C17H25ClN2O6S. The van der Waals surface area contributed by atoms with Crippen LogP contribution in [0, 0.1) is 0 Å². The molecule has 152 valence electrons. The molecule has 1 aliphatic rings. The highest BCUT2D eigenvalue weighted by Gasteiger charge is 2.48. The van der Waals surface area contributed by atoms with Crippen LogP contribution in [0.5, 0.6) is 5.75 Å². The van der Waals surface area contributed by atoms with Crippen molar-refractivity contribution in [1.82, 2.24) is 5.32 Å². The van der Waals surface area contributed by atoms with E-state index in [0.717, 1.165) is 6.26 Å². The Morgan fingerprint density at radius 3 is 2.52 bits per heavy atom. The summed E-state index contributed by atoms with van der Waals surface area (Å²) in [5, 5.41) is 5.74. The Hall–Kier alpha value is -1.84. The Morgan fingerprint density at radius 1 is 1.26 bits per heavy atom. The molecule has 1 aromatic rings. The molecule has 2 rings (SSSR count). The van der Waals surface area contributed by atoms with E-state index in [1.807, 2.05) is 0 Å². The van der Waals surface area contributed by atoms with Crippen molar-refractivity contribution < 1.29 is 27.5 Å². The van der Waals surface area contributed by atoms with Crippen molar-refractivity contribution in [2.75, 3.05) is 37.9 Å². The number of esters is 1. The van der Waals surface area contributed by atoms with Gasteiger partial charge in [-0.1, -0.05) is 6.07 Å². The number of carbonyl (C=O) groups is 2. The zero-order chi connectivity index (χ0) is 19.2. The summed E-state index contributed by atoms with van der Waals surface area (Å²) in [6.45, 7) is 2.64. The molecule has 0 aromatic heterocycles. The second-order valence-electron chi connectivity index (χ2n) is 6.09. The highest BCUT2D eigenvalue weighted by Crippen LogP contribution is 2.30. The van der Waals surface area contributed by atoms with E-state index < -0.39 is 26.5 Å². The molecule has 1 heterocycles. The molecule has 0 saturated carbocycles. The van der Waals surface area contributed by atoms with E-state index in [1.54, 1.807) is 25.1 Å². The molecule has 2 N–H and O–H groups in total. The van der Waals surface area contributed by atoms with Gasteiger partial charge in [-0.15, -0.1) is 12.4 Å². The molecule has 0 unspecified atom stereocenters. The van der Waals surface area contributed by atoms with Gasteiger partial charge >= 0.3 is 5.97 Å². The summed E-state index contributed by atoms with van der Waals surface area (Å²) in [5.74, 6) is -0.675. The number of sulfone groups is 1. The van der Waals surface area contributed by atoms with Crippen molar-refractivity contribution in [3.63, 3.8) is 0 Å². The number of hydrogen-bond acceptors (Lipinski definition) is 7. The number of benzene rings is 1. The van der Waals surface area contributed by atoms with E-state index in [-0.39, 0.29) is 38.5 Å². The molecule has 0 radical (unpaired) electrons. The number of amides is 1. The lowest BCUT2D eigenvalue weighted by molar-refractivity contribution is -0.145. The van der Waals surface area contributed by atoms with Crippen LogP contribution in [0.25, 0.3) is 0 Å². The molecular weight excluding hydrogens is 396 g/mol. The topological polar surface area (TPSA) is 111 Å². The van der Waals surface area contributed by atoms with Gasteiger partial charge in [0, 0.05) is 18.0 Å². The van der Waals surface area contributed by atoms with Gasteiger partial charge in [0.15, 0.2) is 21.2 Å². The molecule has 0 atom stereocenters. The van der Waals surface area contributed by atoms with Gasteiger partial charge < -0.3 is 20.1 Å². The predicted molar refractivity (Wildman–Crippen MR) is 104 cm³/mol. The molecule has 1 saturated heterocycles. The van der Waals surface area contributed by atoms with Crippen LogP contribution in [-0.2, 0) is 24.2 Å². The summed E-state index contributed by atoms with van der Waals surface area (Å²) in [5.41, 5.74) is 0.401.